The molecule has 8 nitrogen and oxygen atoms in total. The summed E-state index contributed by atoms with van der Waals surface area (Å²) in [6.45, 7) is 3.24. The Morgan fingerprint density at radius 1 is 1.27 bits per heavy atom. The first-order valence-electron chi connectivity index (χ1n) is 10.7. The van der Waals surface area contributed by atoms with Crippen LogP contribution >= 0.6 is 0 Å². The van der Waals surface area contributed by atoms with Crippen LogP contribution in [0.3, 0.4) is 0 Å². The fourth-order valence-electron chi connectivity index (χ4n) is 3.51. The smallest absolute Gasteiger partial charge is 0.324 e. The molecule has 166 valence electrons. The van der Waals surface area contributed by atoms with Crippen molar-refractivity contribution in [2.45, 2.75) is 51.4 Å². The summed E-state index contributed by atoms with van der Waals surface area (Å²) in [6.07, 6.45) is 6.73. The number of nitrogens with one attached hydrogen (secondary N) is 1. The zero-order valence-corrected chi connectivity index (χ0v) is 18.3. The van der Waals surface area contributed by atoms with Gasteiger partial charge in [0.25, 0.3) is 0 Å². The van der Waals surface area contributed by atoms with Crippen molar-refractivity contribution in [3.63, 3.8) is 0 Å². The molecule has 1 aromatic heterocycles. The van der Waals surface area contributed by atoms with Crippen molar-refractivity contribution in [2.75, 3.05) is 31.2 Å². The number of amides is 3. The van der Waals surface area contributed by atoms with Gasteiger partial charge in [-0.1, -0.05) is 13.3 Å². The number of urea groups is 1. The van der Waals surface area contributed by atoms with Crippen LogP contribution in [0.25, 0.3) is 0 Å². The molecule has 2 fully saturated rings. The molecule has 1 N–H and O–H groups in total. The zero-order valence-electron chi connectivity index (χ0n) is 17.5. The summed E-state index contributed by atoms with van der Waals surface area (Å²) >= 11 is 0. The minimum atomic E-state index is -3.22. The molecule has 1 aliphatic carbocycles. The van der Waals surface area contributed by atoms with E-state index in [0.29, 0.717) is 44.8 Å². The third-order valence-electron chi connectivity index (χ3n) is 5.55. The maximum atomic E-state index is 12.6. The van der Waals surface area contributed by atoms with Gasteiger partial charge in [-0.3, -0.25) is 15.1 Å². The number of unbranched alkanes of at least 4 members (excludes halogenated alkanes) is 2. The molecule has 3 rings (SSSR count). The van der Waals surface area contributed by atoms with Gasteiger partial charge in [0.15, 0.2) is 9.84 Å². The molecule has 0 aromatic carbocycles. The Bertz CT molecular complexity index is 854. The van der Waals surface area contributed by atoms with E-state index in [9.17, 15) is 18.0 Å². The molecular formula is C21H31N3O5S. The number of pyridine rings is 1. The first kappa shape index (κ1) is 22.5. The fourth-order valence-corrected chi connectivity index (χ4v) is 5.34. The highest BCUT2D eigenvalue weighted by atomic mass is 32.2. The quantitative estimate of drug-likeness (QED) is 0.375. The van der Waals surface area contributed by atoms with Gasteiger partial charge < -0.3 is 9.64 Å². The summed E-state index contributed by atoms with van der Waals surface area (Å²) in [6, 6.07) is 3.32. The van der Waals surface area contributed by atoms with Crippen molar-refractivity contribution >= 4 is 21.8 Å². The van der Waals surface area contributed by atoms with Crippen LogP contribution in [0.2, 0.25) is 0 Å². The van der Waals surface area contributed by atoms with Gasteiger partial charge in [0.2, 0.25) is 5.91 Å². The summed E-state index contributed by atoms with van der Waals surface area (Å²) < 4.78 is 31.0. The Kier molecular flexibility index (Phi) is 7.69. The molecular weight excluding hydrogens is 406 g/mol. The number of ether oxygens (including phenoxy) is 1. The summed E-state index contributed by atoms with van der Waals surface area (Å²) in [5.74, 6) is 1.16. The van der Waals surface area contributed by atoms with Crippen molar-refractivity contribution < 1.29 is 22.7 Å². The lowest BCUT2D eigenvalue weighted by molar-refractivity contribution is -0.118. The average Bonchev–Trinajstić information content (AvgIpc) is 3.48. The predicted molar refractivity (Wildman–Crippen MR) is 113 cm³/mol. The number of carbonyl (C=O) groups is 2. The van der Waals surface area contributed by atoms with Crippen molar-refractivity contribution in [3.05, 3.63) is 24.0 Å². The van der Waals surface area contributed by atoms with Crippen molar-refractivity contribution in [2.24, 2.45) is 5.92 Å². The van der Waals surface area contributed by atoms with Crippen molar-refractivity contribution in [3.8, 4) is 5.75 Å². The Morgan fingerprint density at radius 2 is 2.07 bits per heavy atom. The van der Waals surface area contributed by atoms with E-state index in [0.717, 1.165) is 11.4 Å². The standard InChI is InChI=1S/C21H31N3O5S/c1-2-17(19-12-18(8-9-22-19)29-14-16-6-7-16)15-30(27,28)11-5-3-4-10-24-13-20(25)23-21(24)26/h8-9,12,16-17H,2-7,10-11,13-15H2,1H3,(H,23,25,26)/t17-/m0/s1. The SMILES string of the molecule is CC[C@@H](CS(=O)(=O)CCCCCN1CC(=O)NC1=O)c1cc(OCC2CC2)ccn1. The normalized spacial score (nSPS) is 17.8. The number of carbonyl (C=O) groups excluding carboxylic acids is 2. The monoisotopic (exact) mass is 437 g/mol. The van der Waals surface area contributed by atoms with Crippen LogP contribution in [0.4, 0.5) is 4.79 Å². The second kappa shape index (κ2) is 10.2. The molecule has 9 heteroatoms. The topological polar surface area (TPSA) is 106 Å². The number of aromatic nitrogens is 1. The van der Waals surface area contributed by atoms with E-state index in [2.05, 4.69) is 10.3 Å². The number of rotatable bonds is 13. The molecule has 0 unspecified atom stereocenters. The average molecular weight is 438 g/mol. The van der Waals surface area contributed by atoms with Gasteiger partial charge in [-0.05, 0) is 44.1 Å². The maximum Gasteiger partial charge on any atom is 0.324 e. The third kappa shape index (κ3) is 6.97. The largest absolute Gasteiger partial charge is 0.493 e. The van der Waals surface area contributed by atoms with Crippen LogP contribution in [-0.4, -0.2) is 61.4 Å². The van der Waals surface area contributed by atoms with E-state index in [1.165, 1.54) is 17.7 Å². The van der Waals surface area contributed by atoms with Crippen LogP contribution in [-0.2, 0) is 14.6 Å². The third-order valence-corrected chi connectivity index (χ3v) is 7.37. The number of hydrogen-bond donors (Lipinski definition) is 1. The Labute approximate surface area is 178 Å². The molecule has 1 atom stereocenters. The first-order chi connectivity index (χ1) is 14.4. The summed E-state index contributed by atoms with van der Waals surface area (Å²) in [7, 11) is -3.22. The molecule has 2 heterocycles. The van der Waals surface area contributed by atoms with Gasteiger partial charge in [-0.15, -0.1) is 0 Å². The Balaban J connectivity index is 1.43. The lowest BCUT2D eigenvalue weighted by Crippen LogP contribution is -2.29. The van der Waals surface area contributed by atoms with Crippen LogP contribution in [0, 0.1) is 5.92 Å². The van der Waals surface area contributed by atoms with Crippen LogP contribution < -0.4 is 10.1 Å². The molecule has 0 radical (unpaired) electrons. The van der Waals surface area contributed by atoms with Gasteiger partial charge in [-0.2, -0.15) is 0 Å². The zero-order chi connectivity index (χ0) is 21.6. The van der Waals surface area contributed by atoms with E-state index in [4.69, 9.17) is 4.74 Å². The highest BCUT2D eigenvalue weighted by Gasteiger charge is 2.26. The minimum Gasteiger partial charge on any atom is -0.493 e. The van der Waals surface area contributed by atoms with Gasteiger partial charge in [0.1, 0.15) is 12.3 Å². The summed E-state index contributed by atoms with van der Waals surface area (Å²) in [5, 5.41) is 2.23. The number of imide groups is 1. The Hall–Kier alpha value is -2.16. The second-order valence-electron chi connectivity index (χ2n) is 8.23. The van der Waals surface area contributed by atoms with Crippen LogP contribution in [0.1, 0.15) is 57.1 Å². The predicted octanol–water partition coefficient (Wildman–Crippen LogP) is 2.50. The van der Waals surface area contributed by atoms with E-state index >= 15 is 0 Å². The van der Waals surface area contributed by atoms with Crippen LogP contribution in [0.5, 0.6) is 5.75 Å². The van der Waals surface area contributed by atoms with E-state index in [1.807, 2.05) is 19.1 Å². The lowest BCUT2D eigenvalue weighted by atomic mass is 10.0. The number of hydrogen-bond acceptors (Lipinski definition) is 6. The molecule has 3 amide bonds. The fraction of sp³-hybridized carbons (Fsp3) is 0.667. The van der Waals surface area contributed by atoms with E-state index < -0.39 is 9.84 Å². The number of nitrogens with zero attached hydrogens (tertiary/aromatic N) is 2. The minimum absolute atomic E-state index is 0.0750. The van der Waals surface area contributed by atoms with E-state index in [-0.39, 0.29) is 35.9 Å². The molecule has 30 heavy (non-hydrogen) atoms. The van der Waals surface area contributed by atoms with Gasteiger partial charge >= 0.3 is 6.03 Å². The Morgan fingerprint density at radius 3 is 2.73 bits per heavy atom. The van der Waals surface area contributed by atoms with Gasteiger partial charge in [0, 0.05) is 30.4 Å². The molecule has 1 aromatic rings. The summed E-state index contributed by atoms with van der Waals surface area (Å²) in [4.78, 5) is 28.5. The highest BCUT2D eigenvalue weighted by Crippen LogP contribution is 2.30. The molecule has 1 aliphatic heterocycles. The molecule has 1 saturated heterocycles. The molecule has 2 aliphatic rings. The summed E-state index contributed by atoms with van der Waals surface area (Å²) in [5.41, 5.74) is 0.763. The van der Waals surface area contributed by atoms with Crippen LogP contribution in [0.15, 0.2) is 18.3 Å². The highest BCUT2D eigenvalue weighted by molar-refractivity contribution is 7.91. The van der Waals surface area contributed by atoms with Crippen molar-refractivity contribution in [1.29, 1.82) is 0 Å². The van der Waals surface area contributed by atoms with E-state index in [1.54, 1.807) is 6.20 Å². The van der Waals surface area contributed by atoms with Crippen molar-refractivity contribution in [1.82, 2.24) is 15.2 Å². The second-order valence-corrected chi connectivity index (χ2v) is 10.5. The molecule has 0 bridgehead atoms. The number of sulfone groups is 1. The molecule has 1 saturated carbocycles. The van der Waals surface area contributed by atoms with Gasteiger partial charge in [0.05, 0.1) is 18.1 Å². The first-order valence-corrected chi connectivity index (χ1v) is 12.6. The lowest BCUT2D eigenvalue weighted by Gasteiger charge is -2.16. The van der Waals surface area contributed by atoms with Gasteiger partial charge in [-0.25, -0.2) is 13.2 Å². The molecule has 0 spiro atoms. The maximum absolute atomic E-state index is 12.6.